The zero-order valence-electron chi connectivity index (χ0n) is 2.56. The molecule has 4 heteroatoms. The summed E-state index contributed by atoms with van der Waals surface area (Å²) in [6.07, 6.45) is 0. The topological polar surface area (TPSA) is 72.3 Å². The minimum atomic E-state index is 0. The second-order valence-electron chi connectivity index (χ2n) is 0.0913. The first-order valence-electron chi connectivity index (χ1n) is 0.428. The SMILES string of the molecule is N.O=[C-]O.[Zr]. The first kappa shape index (κ1) is 18.5. The molecule has 30 valence electrons. The minimum Gasteiger partial charge on any atom is -0.665 e. The number of aliphatic hydroxyl groups excluding tert-OH is 1. The van der Waals surface area contributed by atoms with E-state index in [4.69, 9.17) is 9.90 Å². The Morgan fingerprint density at radius 2 is 1.60 bits per heavy atom. The predicted molar refractivity (Wildman–Crippen MR) is 13.3 cm³/mol. The Hall–Kier alpha value is 0.313. The van der Waals surface area contributed by atoms with Crippen molar-refractivity contribution < 1.29 is 36.1 Å². The van der Waals surface area contributed by atoms with Crippen LogP contribution in [0.5, 0.6) is 0 Å². The summed E-state index contributed by atoms with van der Waals surface area (Å²) < 4.78 is 0. The van der Waals surface area contributed by atoms with Gasteiger partial charge in [0.25, 0.3) is 0 Å². The number of hydrogen-bond acceptors (Lipinski definition) is 2. The summed E-state index contributed by atoms with van der Waals surface area (Å²) in [6, 6.07) is 0. The summed E-state index contributed by atoms with van der Waals surface area (Å²) in [5.74, 6) is 0. The van der Waals surface area contributed by atoms with Gasteiger partial charge in [-0.15, -0.1) is 0 Å². The average Bonchev–Trinajstić information content (AvgIpc) is 0.918. The van der Waals surface area contributed by atoms with Crippen molar-refractivity contribution >= 4 is 6.47 Å². The van der Waals surface area contributed by atoms with Crippen LogP contribution < -0.4 is 6.15 Å². The van der Waals surface area contributed by atoms with Gasteiger partial charge in [-0.2, -0.15) is 0 Å². The fourth-order valence-electron chi connectivity index (χ4n) is 0. The van der Waals surface area contributed by atoms with E-state index in [0.29, 0.717) is 6.47 Å². The molecule has 0 aliphatic rings. The average molecular weight is 153 g/mol. The van der Waals surface area contributed by atoms with Crippen LogP contribution in [0.25, 0.3) is 0 Å². The molecule has 0 saturated heterocycles. The quantitative estimate of drug-likeness (QED) is 0.472. The number of rotatable bonds is 0. The number of hydrogen-bond donors (Lipinski definition) is 2. The Morgan fingerprint density at radius 1 is 1.60 bits per heavy atom. The molecule has 0 fully saturated rings. The summed E-state index contributed by atoms with van der Waals surface area (Å²) in [5, 5.41) is 6.76. The predicted octanol–water partition coefficient (Wildman–Crippen LogP) is -0.229. The zero-order valence-corrected chi connectivity index (χ0v) is 5.02. The van der Waals surface area contributed by atoms with Gasteiger partial charge in [0.15, 0.2) is 0 Å². The van der Waals surface area contributed by atoms with Crippen LogP contribution in [0.4, 0.5) is 0 Å². The first-order chi connectivity index (χ1) is 1.41. The van der Waals surface area contributed by atoms with Gasteiger partial charge in [-0.05, 0) is 0 Å². The monoisotopic (exact) mass is 152 g/mol. The molecule has 4 N–H and O–H groups in total. The molecule has 0 spiro atoms. The van der Waals surface area contributed by atoms with Gasteiger partial charge >= 0.3 is 0 Å². The fraction of sp³-hybridized carbons (Fsp3) is 0. The molecule has 0 amide bonds. The van der Waals surface area contributed by atoms with Gasteiger partial charge in [0.2, 0.25) is 0 Å². The third-order valence-corrected chi connectivity index (χ3v) is 0. The van der Waals surface area contributed by atoms with Crippen LogP contribution in [-0.4, -0.2) is 11.6 Å². The summed E-state index contributed by atoms with van der Waals surface area (Å²) >= 11 is 0. The van der Waals surface area contributed by atoms with E-state index in [1.165, 1.54) is 0 Å². The standard InChI is InChI=1S/CHO2.H3N.Zr/c2-1-3;;/h(H,2,3);1H3;/q-1;;. The Kier molecular flexibility index (Phi) is 101. The first-order valence-corrected chi connectivity index (χ1v) is 0.428. The van der Waals surface area contributed by atoms with Crippen LogP contribution in [0.15, 0.2) is 0 Å². The summed E-state index contributed by atoms with van der Waals surface area (Å²) in [5.41, 5.74) is 0. The second-order valence-corrected chi connectivity index (χ2v) is 0.0913. The molecule has 0 heterocycles. The molecule has 0 saturated carbocycles. The van der Waals surface area contributed by atoms with E-state index in [9.17, 15) is 0 Å². The zero-order chi connectivity index (χ0) is 2.71. The molecule has 0 atom stereocenters. The van der Waals surface area contributed by atoms with Gasteiger partial charge in [-0.3, -0.25) is 0 Å². The smallest absolute Gasteiger partial charge is 0 e. The minimum absolute atomic E-state index is 0. The van der Waals surface area contributed by atoms with E-state index in [-0.39, 0.29) is 32.4 Å². The van der Waals surface area contributed by atoms with Crippen molar-refractivity contribution in [2.75, 3.05) is 0 Å². The van der Waals surface area contributed by atoms with Gasteiger partial charge in [-0.25, -0.2) is 0 Å². The fourth-order valence-corrected chi connectivity index (χ4v) is 0. The van der Waals surface area contributed by atoms with Crippen LogP contribution in [0.1, 0.15) is 0 Å². The van der Waals surface area contributed by atoms with Crippen molar-refractivity contribution in [3.05, 3.63) is 0 Å². The van der Waals surface area contributed by atoms with Gasteiger partial charge in [-0.1, -0.05) is 6.47 Å². The molecule has 0 aliphatic carbocycles. The maximum atomic E-state index is 8.24. The summed E-state index contributed by atoms with van der Waals surface area (Å²) in [7, 11) is 0. The molecule has 0 rings (SSSR count). The van der Waals surface area contributed by atoms with Crippen molar-refractivity contribution in [2.45, 2.75) is 0 Å². The Balaban J connectivity index is -0.0000000200. The maximum absolute atomic E-state index is 8.24. The third kappa shape index (κ3) is 235. The molecule has 5 heavy (non-hydrogen) atoms. The maximum Gasteiger partial charge on any atom is 0 e. The van der Waals surface area contributed by atoms with Crippen molar-refractivity contribution in [3.63, 3.8) is 0 Å². The molecule has 0 aliphatic heterocycles. The van der Waals surface area contributed by atoms with Crippen LogP contribution in [0, 0.1) is 0 Å². The van der Waals surface area contributed by atoms with Crippen LogP contribution in [0.2, 0.25) is 0 Å². The van der Waals surface area contributed by atoms with E-state index in [0.717, 1.165) is 0 Å². The van der Waals surface area contributed by atoms with Crippen LogP contribution >= 0.6 is 0 Å². The Bertz CT molecular complexity index is 17.1. The van der Waals surface area contributed by atoms with E-state index in [1.807, 2.05) is 0 Å². The summed E-state index contributed by atoms with van der Waals surface area (Å²) in [4.78, 5) is 8.24. The van der Waals surface area contributed by atoms with Crippen LogP contribution in [-0.2, 0) is 31.0 Å². The molecule has 0 radical (unpaired) electrons. The van der Waals surface area contributed by atoms with E-state index in [1.54, 1.807) is 0 Å². The summed E-state index contributed by atoms with van der Waals surface area (Å²) in [6.45, 7) is 0.500. The normalized spacial score (nSPS) is 2.40. The van der Waals surface area contributed by atoms with Crippen molar-refractivity contribution in [2.24, 2.45) is 0 Å². The van der Waals surface area contributed by atoms with Crippen molar-refractivity contribution in [1.29, 1.82) is 0 Å². The largest absolute Gasteiger partial charge is 0.665 e. The molecular formula is CH4NO2Zr-. The molecule has 0 unspecified atom stereocenters. The van der Waals surface area contributed by atoms with E-state index in [2.05, 4.69) is 0 Å². The van der Waals surface area contributed by atoms with Crippen molar-refractivity contribution in [1.82, 2.24) is 6.15 Å². The van der Waals surface area contributed by atoms with Gasteiger partial charge in [0.05, 0.1) is 0 Å². The third-order valence-electron chi connectivity index (χ3n) is 0. The molecule has 0 bridgehead atoms. The molecule has 0 aromatic heterocycles. The van der Waals surface area contributed by atoms with Gasteiger partial charge < -0.3 is 16.1 Å². The molecular weight excluding hydrogens is 149 g/mol. The van der Waals surface area contributed by atoms with E-state index < -0.39 is 0 Å². The van der Waals surface area contributed by atoms with Crippen molar-refractivity contribution in [3.8, 4) is 0 Å². The van der Waals surface area contributed by atoms with Gasteiger partial charge in [0.1, 0.15) is 0 Å². The second kappa shape index (κ2) is 27.5. The van der Waals surface area contributed by atoms with E-state index >= 15 is 0 Å². The Morgan fingerprint density at radius 3 is 1.60 bits per heavy atom. The Labute approximate surface area is 49.1 Å². The molecule has 0 aromatic carbocycles. The van der Waals surface area contributed by atoms with Gasteiger partial charge in [0, 0.05) is 26.2 Å². The molecule has 0 aromatic rings. The molecule has 3 nitrogen and oxygen atoms in total. The van der Waals surface area contributed by atoms with Crippen LogP contribution in [0.3, 0.4) is 0 Å².